The van der Waals surface area contributed by atoms with Gasteiger partial charge < -0.3 is 9.80 Å². The van der Waals surface area contributed by atoms with Gasteiger partial charge in [0.1, 0.15) is 0 Å². The van der Waals surface area contributed by atoms with Crippen LogP contribution in [0, 0.1) is 6.92 Å². The Labute approximate surface area is 159 Å². The summed E-state index contributed by atoms with van der Waals surface area (Å²) < 4.78 is 0. The van der Waals surface area contributed by atoms with Crippen LogP contribution in [-0.2, 0) is 6.54 Å². The number of piperazine rings is 1. The maximum absolute atomic E-state index is 12.8. The second-order valence-corrected chi connectivity index (χ2v) is 8.04. The minimum atomic E-state index is 0.150. The fourth-order valence-corrected chi connectivity index (χ4v) is 4.64. The summed E-state index contributed by atoms with van der Waals surface area (Å²) in [6, 6.07) is 7.84. The number of hydrogen-bond acceptors (Lipinski definition) is 5. The van der Waals surface area contributed by atoms with Gasteiger partial charge in [-0.15, -0.1) is 11.3 Å². The third-order valence-electron chi connectivity index (χ3n) is 5.34. The number of thiazole rings is 1. The van der Waals surface area contributed by atoms with Crippen molar-refractivity contribution in [2.24, 2.45) is 0 Å². The summed E-state index contributed by atoms with van der Waals surface area (Å²) in [5, 5.41) is 3.29. The summed E-state index contributed by atoms with van der Waals surface area (Å²) in [7, 11) is 0. The van der Waals surface area contributed by atoms with E-state index >= 15 is 0 Å². The van der Waals surface area contributed by atoms with E-state index in [0.717, 1.165) is 49.0 Å². The highest BCUT2D eigenvalue weighted by Crippen LogP contribution is 2.24. The summed E-state index contributed by atoms with van der Waals surface area (Å²) in [4.78, 5) is 24.4. The molecule has 2 saturated heterocycles. The first-order valence-corrected chi connectivity index (χ1v) is 10.4. The lowest BCUT2D eigenvalue weighted by molar-refractivity contribution is 0.0746. The van der Waals surface area contributed by atoms with Crippen molar-refractivity contribution in [1.29, 1.82) is 0 Å². The van der Waals surface area contributed by atoms with Crippen LogP contribution in [0.2, 0.25) is 0 Å². The number of likely N-dealkylation sites (tertiary alicyclic amines) is 1. The molecule has 0 aliphatic carbocycles. The van der Waals surface area contributed by atoms with E-state index < -0.39 is 0 Å². The van der Waals surface area contributed by atoms with Crippen LogP contribution in [0.4, 0.5) is 5.13 Å². The number of carbonyl (C=O) groups excluding carboxylic acids is 1. The van der Waals surface area contributed by atoms with Crippen molar-refractivity contribution in [2.75, 3.05) is 44.2 Å². The van der Waals surface area contributed by atoms with Crippen molar-refractivity contribution in [1.82, 2.24) is 14.8 Å². The fourth-order valence-electron chi connectivity index (χ4n) is 3.77. The van der Waals surface area contributed by atoms with E-state index in [0.29, 0.717) is 0 Å². The molecular weight excluding hydrogens is 344 g/mol. The first-order chi connectivity index (χ1) is 12.7. The molecule has 0 atom stereocenters. The first-order valence-electron chi connectivity index (χ1n) is 9.47. The van der Waals surface area contributed by atoms with Crippen LogP contribution < -0.4 is 4.90 Å². The van der Waals surface area contributed by atoms with Crippen LogP contribution in [0.1, 0.15) is 34.5 Å². The van der Waals surface area contributed by atoms with Crippen molar-refractivity contribution in [3.8, 4) is 0 Å². The fraction of sp³-hybridized carbons (Fsp3) is 0.500. The molecule has 26 heavy (non-hydrogen) atoms. The second-order valence-electron chi connectivity index (χ2n) is 7.20. The quantitative estimate of drug-likeness (QED) is 0.829. The third kappa shape index (κ3) is 3.76. The predicted octanol–water partition coefficient (Wildman–Crippen LogP) is 3.01. The number of rotatable bonds is 4. The first kappa shape index (κ1) is 17.5. The summed E-state index contributed by atoms with van der Waals surface area (Å²) in [6.07, 6.45) is 2.63. The third-order valence-corrected chi connectivity index (χ3v) is 6.29. The summed E-state index contributed by atoms with van der Waals surface area (Å²) in [5.74, 6) is 0.150. The Bertz CT molecular complexity index is 761. The zero-order valence-corrected chi connectivity index (χ0v) is 16.2. The molecule has 0 spiro atoms. The van der Waals surface area contributed by atoms with Crippen LogP contribution in [0.15, 0.2) is 29.6 Å². The summed E-state index contributed by atoms with van der Waals surface area (Å²) in [6.45, 7) is 8.60. The molecule has 5 nitrogen and oxygen atoms in total. The normalized spacial score (nSPS) is 18.5. The van der Waals surface area contributed by atoms with Crippen molar-refractivity contribution >= 4 is 22.4 Å². The molecule has 1 aromatic heterocycles. The molecule has 138 valence electrons. The van der Waals surface area contributed by atoms with Gasteiger partial charge in [-0.05, 0) is 44.5 Å². The van der Waals surface area contributed by atoms with Gasteiger partial charge in [-0.2, -0.15) is 0 Å². The van der Waals surface area contributed by atoms with Gasteiger partial charge in [-0.1, -0.05) is 18.2 Å². The van der Waals surface area contributed by atoms with Crippen LogP contribution in [-0.4, -0.2) is 60.0 Å². The number of aryl methyl sites for hydroxylation is 1. The lowest BCUT2D eigenvalue weighted by Crippen LogP contribution is -2.49. The van der Waals surface area contributed by atoms with Crippen LogP contribution in [0.25, 0.3) is 0 Å². The SMILES string of the molecule is Cc1ccccc1C(=O)N1CCN(c2nc(CN3CCCC3)cs2)CC1. The molecule has 2 aliphatic heterocycles. The standard InChI is InChI=1S/C20H26N4OS/c1-16-6-2-3-7-18(16)19(25)23-10-12-24(13-11-23)20-21-17(15-26-20)14-22-8-4-5-9-22/h2-3,6-7,15H,4-5,8-14H2,1H3. The molecule has 0 bridgehead atoms. The molecule has 0 saturated carbocycles. The van der Waals surface area contributed by atoms with Gasteiger partial charge in [0.25, 0.3) is 5.91 Å². The van der Waals surface area contributed by atoms with E-state index in [1.165, 1.54) is 31.6 Å². The zero-order valence-electron chi connectivity index (χ0n) is 15.4. The van der Waals surface area contributed by atoms with E-state index in [1.54, 1.807) is 11.3 Å². The maximum Gasteiger partial charge on any atom is 0.254 e. The van der Waals surface area contributed by atoms with Gasteiger partial charge in [0.05, 0.1) is 5.69 Å². The Kier molecular flexibility index (Phi) is 5.22. The molecule has 0 unspecified atom stereocenters. The average Bonchev–Trinajstić information content (AvgIpc) is 3.34. The van der Waals surface area contributed by atoms with Crippen LogP contribution in [0.5, 0.6) is 0 Å². The molecule has 2 fully saturated rings. The van der Waals surface area contributed by atoms with Gasteiger partial charge >= 0.3 is 0 Å². The smallest absolute Gasteiger partial charge is 0.254 e. The van der Waals surface area contributed by atoms with Crippen molar-refractivity contribution in [3.05, 3.63) is 46.5 Å². The van der Waals surface area contributed by atoms with E-state index in [9.17, 15) is 4.79 Å². The number of anilines is 1. The topological polar surface area (TPSA) is 39.7 Å². The van der Waals surface area contributed by atoms with Crippen molar-refractivity contribution < 1.29 is 4.79 Å². The molecule has 1 amide bonds. The lowest BCUT2D eigenvalue weighted by Gasteiger charge is -2.34. The Hall–Kier alpha value is -1.92. The molecule has 2 aromatic rings. The molecular formula is C20H26N4OS. The minimum absolute atomic E-state index is 0.150. The van der Waals surface area contributed by atoms with Gasteiger partial charge in [0, 0.05) is 43.7 Å². The number of amides is 1. The second kappa shape index (κ2) is 7.76. The number of nitrogens with zero attached hydrogens (tertiary/aromatic N) is 4. The Morgan fingerprint density at radius 3 is 2.54 bits per heavy atom. The minimum Gasteiger partial charge on any atom is -0.345 e. The van der Waals surface area contributed by atoms with Crippen molar-refractivity contribution in [3.63, 3.8) is 0 Å². The Morgan fingerprint density at radius 1 is 1.08 bits per heavy atom. The van der Waals surface area contributed by atoms with E-state index in [1.807, 2.05) is 36.1 Å². The van der Waals surface area contributed by atoms with E-state index in [4.69, 9.17) is 4.98 Å². The van der Waals surface area contributed by atoms with Gasteiger partial charge in [0.2, 0.25) is 0 Å². The highest BCUT2D eigenvalue weighted by molar-refractivity contribution is 7.13. The van der Waals surface area contributed by atoms with E-state index in [-0.39, 0.29) is 5.91 Å². The van der Waals surface area contributed by atoms with E-state index in [2.05, 4.69) is 15.2 Å². The molecule has 0 radical (unpaired) electrons. The number of aromatic nitrogens is 1. The van der Waals surface area contributed by atoms with Crippen LogP contribution >= 0.6 is 11.3 Å². The molecule has 4 rings (SSSR count). The maximum atomic E-state index is 12.8. The van der Waals surface area contributed by atoms with Crippen LogP contribution in [0.3, 0.4) is 0 Å². The van der Waals surface area contributed by atoms with Crippen molar-refractivity contribution in [2.45, 2.75) is 26.3 Å². The monoisotopic (exact) mass is 370 g/mol. The average molecular weight is 371 g/mol. The molecule has 6 heteroatoms. The highest BCUT2D eigenvalue weighted by Gasteiger charge is 2.24. The highest BCUT2D eigenvalue weighted by atomic mass is 32.1. The number of hydrogen-bond donors (Lipinski definition) is 0. The summed E-state index contributed by atoms with van der Waals surface area (Å²) >= 11 is 1.73. The Morgan fingerprint density at radius 2 is 1.81 bits per heavy atom. The van der Waals surface area contributed by atoms with Gasteiger partial charge in [-0.25, -0.2) is 4.98 Å². The molecule has 2 aliphatic rings. The molecule has 0 N–H and O–H groups in total. The Balaban J connectivity index is 1.34. The lowest BCUT2D eigenvalue weighted by atomic mass is 10.1. The number of carbonyl (C=O) groups is 1. The zero-order chi connectivity index (χ0) is 17.9. The molecule has 1 aromatic carbocycles. The predicted molar refractivity (Wildman–Crippen MR) is 106 cm³/mol. The number of benzene rings is 1. The van der Waals surface area contributed by atoms with Gasteiger partial charge in [0.15, 0.2) is 5.13 Å². The van der Waals surface area contributed by atoms with Gasteiger partial charge in [-0.3, -0.25) is 9.69 Å². The summed E-state index contributed by atoms with van der Waals surface area (Å²) in [5.41, 5.74) is 3.06. The largest absolute Gasteiger partial charge is 0.345 e. The molecule has 3 heterocycles.